The normalized spacial score (nSPS) is 11.8. The summed E-state index contributed by atoms with van der Waals surface area (Å²) in [5.74, 6) is -0.0520. The van der Waals surface area contributed by atoms with Crippen molar-refractivity contribution in [1.29, 1.82) is 0 Å². The molecule has 1 aromatic carbocycles. The number of hydrogen-bond donors (Lipinski definition) is 0. The van der Waals surface area contributed by atoms with Crippen LogP contribution >= 0.6 is 35.0 Å². The molecular formula is C9H7Cl2F3S. The topological polar surface area (TPSA) is 0 Å². The summed E-state index contributed by atoms with van der Waals surface area (Å²) in [6.07, 6.45) is -4.96. The van der Waals surface area contributed by atoms with Gasteiger partial charge in [-0.05, 0) is 18.2 Å². The summed E-state index contributed by atoms with van der Waals surface area (Å²) in [7, 11) is 0. The van der Waals surface area contributed by atoms with Gasteiger partial charge in [0.25, 0.3) is 0 Å². The minimum atomic E-state index is -4.13. The van der Waals surface area contributed by atoms with Crippen molar-refractivity contribution in [2.75, 3.05) is 5.75 Å². The molecule has 0 saturated heterocycles. The Kier molecular flexibility index (Phi) is 4.62. The molecule has 1 rings (SSSR count). The fourth-order valence-electron chi connectivity index (χ4n) is 0.865. The second kappa shape index (κ2) is 5.32. The molecule has 0 atom stereocenters. The molecule has 0 aromatic heterocycles. The van der Waals surface area contributed by atoms with Gasteiger partial charge in [0, 0.05) is 15.7 Å². The van der Waals surface area contributed by atoms with E-state index in [0.29, 0.717) is 14.9 Å². The maximum Gasteiger partial charge on any atom is 0.389 e. The van der Waals surface area contributed by atoms with Crippen molar-refractivity contribution in [2.45, 2.75) is 17.5 Å². The smallest absolute Gasteiger partial charge is 0.171 e. The first-order valence-corrected chi connectivity index (χ1v) is 5.77. The van der Waals surface area contributed by atoms with Crippen LogP contribution in [0.2, 0.25) is 10.0 Å². The van der Waals surface area contributed by atoms with Crippen molar-refractivity contribution in [3.05, 3.63) is 28.2 Å². The predicted octanol–water partition coefficient (Wildman–Crippen LogP) is 5.04. The van der Waals surface area contributed by atoms with Gasteiger partial charge >= 0.3 is 6.18 Å². The molecule has 1 aromatic rings. The van der Waals surface area contributed by atoms with Crippen molar-refractivity contribution >= 4 is 35.0 Å². The Morgan fingerprint density at radius 3 is 2.47 bits per heavy atom. The van der Waals surface area contributed by atoms with Crippen LogP contribution in [0.1, 0.15) is 6.42 Å². The zero-order valence-corrected chi connectivity index (χ0v) is 9.77. The number of thioether (sulfide) groups is 1. The molecule has 0 N–H and O–H groups in total. The van der Waals surface area contributed by atoms with Crippen molar-refractivity contribution in [3.8, 4) is 0 Å². The molecule has 0 saturated carbocycles. The summed E-state index contributed by atoms with van der Waals surface area (Å²) in [4.78, 5) is 0.577. The van der Waals surface area contributed by atoms with Gasteiger partial charge in [-0.2, -0.15) is 13.2 Å². The minimum Gasteiger partial charge on any atom is -0.171 e. The highest BCUT2D eigenvalue weighted by molar-refractivity contribution is 7.99. The van der Waals surface area contributed by atoms with Crippen LogP contribution in [0.4, 0.5) is 13.2 Å². The van der Waals surface area contributed by atoms with E-state index in [1.165, 1.54) is 0 Å². The molecular weight excluding hydrogens is 268 g/mol. The van der Waals surface area contributed by atoms with E-state index in [9.17, 15) is 13.2 Å². The lowest BCUT2D eigenvalue weighted by Crippen LogP contribution is -2.07. The van der Waals surface area contributed by atoms with E-state index in [2.05, 4.69) is 0 Å². The number of hydrogen-bond acceptors (Lipinski definition) is 1. The molecule has 84 valence electrons. The molecule has 0 spiro atoms. The summed E-state index contributed by atoms with van der Waals surface area (Å²) in [5.41, 5.74) is 0. The second-order valence-corrected chi connectivity index (χ2v) is 4.77. The van der Waals surface area contributed by atoms with Gasteiger partial charge < -0.3 is 0 Å². The van der Waals surface area contributed by atoms with Crippen molar-refractivity contribution in [2.24, 2.45) is 0 Å². The van der Waals surface area contributed by atoms with Gasteiger partial charge in [-0.15, -0.1) is 11.8 Å². The third kappa shape index (κ3) is 5.00. The Balaban J connectivity index is 2.54. The highest BCUT2D eigenvalue weighted by Gasteiger charge is 2.26. The Morgan fingerprint density at radius 2 is 1.87 bits per heavy atom. The molecule has 0 heterocycles. The minimum absolute atomic E-state index is 0.0520. The molecule has 0 aliphatic carbocycles. The third-order valence-corrected chi connectivity index (χ3v) is 3.27. The first-order chi connectivity index (χ1) is 6.88. The SMILES string of the molecule is FC(F)(F)CCSc1cc(Cl)ccc1Cl. The quantitative estimate of drug-likeness (QED) is 0.696. The number of benzene rings is 1. The van der Waals surface area contributed by atoms with Crippen LogP contribution < -0.4 is 0 Å². The van der Waals surface area contributed by atoms with Crippen LogP contribution in [-0.4, -0.2) is 11.9 Å². The maximum absolute atomic E-state index is 11.9. The van der Waals surface area contributed by atoms with Gasteiger partial charge in [-0.3, -0.25) is 0 Å². The lowest BCUT2D eigenvalue weighted by atomic mass is 10.4. The molecule has 0 fully saturated rings. The molecule has 0 aliphatic rings. The van der Waals surface area contributed by atoms with Crippen LogP contribution in [-0.2, 0) is 0 Å². The monoisotopic (exact) mass is 274 g/mol. The summed E-state index contributed by atoms with van der Waals surface area (Å²) in [6.45, 7) is 0. The lowest BCUT2D eigenvalue weighted by Gasteiger charge is -2.07. The molecule has 0 bridgehead atoms. The van der Waals surface area contributed by atoms with Crippen molar-refractivity contribution < 1.29 is 13.2 Å². The summed E-state index contributed by atoms with van der Waals surface area (Å²) in [5, 5.41) is 0.889. The van der Waals surface area contributed by atoms with E-state index < -0.39 is 12.6 Å². The largest absolute Gasteiger partial charge is 0.389 e. The predicted molar refractivity (Wildman–Crippen MR) is 57.9 cm³/mol. The van der Waals surface area contributed by atoms with Crippen LogP contribution in [0.25, 0.3) is 0 Å². The third-order valence-electron chi connectivity index (χ3n) is 1.54. The zero-order chi connectivity index (χ0) is 11.5. The van der Waals surface area contributed by atoms with E-state index in [1.807, 2.05) is 0 Å². The highest BCUT2D eigenvalue weighted by Crippen LogP contribution is 2.32. The first kappa shape index (κ1) is 13.0. The average Bonchev–Trinajstić information content (AvgIpc) is 2.09. The van der Waals surface area contributed by atoms with E-state index in [-0.39, 0.29) is 5.75 Å². The molecule has 0 amide bonds. The van der Waals surface area contributed by atoms with Crippen LogP contribution in [0.5, 0.6) is 0 Å². The van der Waals surface area contributed by atoms with E-state index in [0.717, 1.165) is 11.8 Å². The molecule has 0 nitrogen and oxygen atoms in total. The maximum atomic E-state index is 11.9. The summed E-state index contributed by atoms with van der Waals surface area (Å²) in [6, 6.07) is 4.72. The number of rotatable bonds is 3. The summed E-state index contributed by atoms with van der Waals surface area (Å²) >= 11 is 12.5. The van der Waals surface area contributed by atoms with Gasteiger partial charge in [-0.1, -0.05) is 23.2 Å². The number of halogens is 5. The highest BCUT2D eigenvalue weighted by atomic mass is 35.5. The van der Waals surface area contributed by atoms with Gasteiger partial charge in [0.15, 0.2) is 0 Å². The van der Waals surface area contributed by atoms with Gasteiger partial charge in [0.1, 0.15) is 0 Å². The molecule has 0 aliphatic heterocycles. The standard InChI is InChI=1S/C9H7Cl2F3S/c10-6-1-2-7(11)8(5-6)15-4-3-9(12,13)14/h1-2,5H,3-4H2. The van der Waals surface area contributed by atoms with Gasteiger partial charge in [0.2, 0.25) is 0 Å². The Hall–Kier alpha value is -0.0600. The van der Waals surface area contributed by atoms with Crippen molar-refractivity contribution in [3.63, 3.8) is 0 Å². The van der Waals surface area contributed by atoms with Crippen LogP contribution in [0, 0.1) is 0 Å². The van der Waals surface area contributed by atoms with Crippen LogP contribution in [0.15, 0.2) is 23.1 Å². The Labute approximate surface area is 99.8 Å². The van der Waals surface area contributed by atoms with Crippen LogP contribution in [0.3, 0.4) is 0 Å². The lowest BCUT2D eigenvalue weighted by molar-refractivity contribution is -0.129. The molecule has 6 heteroatoms. The second-order valence-electron chi connectivity index (χ2n) is 2.79. The molecule has 0 unspecified atom stereocenters. The van der Waals surface area contributed by atoms with E-state index in [1.54, 1.807) is 18.2 Å². The fraction of sp³-hybridized carbons (Fsp3) is 0.333. The molecule has 15 heavy (non-hydrogen) atoms. The fourth-order valence-corrected chi connectivity index (χ4v) is 2.35. The molecule has 0 radical (unpaired) electrons. The zero-order valence-electron chi connectivity index (χ0n) is 7.44. The number of alkyl halides is 3. The van der Waals surface area contributed by atoms with Crippen molar-refractivity contribution in [1.82, 2.24) is 0 Å². The summed E-state index contributed by atoms with van der Waals surface area (Å²) < 4.78 is 35.6. The average molecular weight is 275 g/mol. The van der Waals surface area contributed by atoms with E-state index >= 15 is 0 Å². The van der Waals surface area contributed by atoms with Gasteiger partial charge in [-0.25, -0.2) is 0 Å². The Bertz CT molecular complexity index is 339. The first-order valence-electron chi connectivity index (χ1n) is 4.03. The Morgan fingerprint density at radius 1 is 1.20 bits per heavy atom. The van der Waals surface area contributed by atoms with E-state index in [4.69, 9.17) is 23.2 Å². The van der Waals surface area contributed by atoms with Gasteiger partial charge in [0.05, 0.1) is 11.4 Å².